The smallest absolute Gasteiger partial charge is 0.115 e. The van der Waals surface area contributed by atoms with Gasteiger partial charge in [0, 0.05) is 0 Å². The van der Waals surface area contributed by atoms with Gasteiger partial charge >= 0.3 is 0 Å². The van der Waals surface area contributed by atoms with E-state index in [9.17, 15) is 5.11 Å². The summed E-state index contributed by atoms with van der Waals surface area (Å²) < 4.78 is 0. The molecule has 0 spiro atoms. The molecule has 2 aromatic rings. The highest BCUT2D eigenvalue weighted by atomic mass is 16.3. The number of phenolic OH excluding ortho intramolecular Hbond substituents is 1. The Kier molecular flexibility index (Phi) is 3.54. The van der Waals surface area contributed by atoms with E-state index in [1.165, 1.54) is 36.8 Å². The molecule has 1 N–H and O–H groups in total. The Morgan fingerprint density at radius 2 is 1.21 bits per heavy atom. The molecule has 1 heteroatoms. The molecule has 0 bridgehead atoms. The number of hydrogen-bond acceptors (Lipinski definition) is 1. The highest BCUT2D eigenvalue weighted by Crippen LogP contribution is 2.44. The summed E-state index contributed by atoms with van der Waals surface area (Å²) in [7, 11) is 0. The maximum Gasteiger partial charge on any atom is 0.115 e. The van der Waals surface area contributed by atoms with Crippen LogP contribution in [0.25, 0.3) is 0 Å². The summed E-state index contributed by atoms with van der Waals surface area (Å²) in [4.78, 5) is 0. The van der Waals surface area contributed by atoms with Gasteiger partial charge in [-0.1, -0.05) is 55.3 Å². The van der Waals surface area contributed by atoms with Crippen LogP contribution in [0.5, 0.6) is 5.75 Å². The van der Waals surface area contributed by atoms with Crippen LogP contribution in [0.1, 0.15) is 48.6 Å². The van der Waals surface area contributed by atoms with Gasteiger partial charge in [0.1, 0.15) is 5.75 Å². The molecule has 1 saturated carbocycles. The SMILES string of the molecule is Oc1ccc(C2CCCCC2c2ccccc2)cc1. The molecular weight excluding hydrogens is 232 g/mol. The van der Waals surface area contributed by atoms with Crippen molar-refractivity contribution < 1.29 is 5.11 Å². The molecular formula is C18H20O. The topological polar surface area (TPSA) is 20.2 Å². The second-order valence-electron chi connectivity index (χ2n) is 5.50. The fourth-order valence-corrected chi connectivity index (χ4v) is 3.35. The highest BCUT2D eigenvalue weighted by molar-refractivity contribution is 5.33. The number of phenols is 1. The molecule has 1 aliphatic carbocycles. The van der Waals surface area contributed by atoms with Gasteiger partial charge in [0.2, 0.25) is 0 Å². The van der Waals surface area contributed by atoms with E-state index >= 15 is 0 Å². The number of aromatic hydroxyl groups is 1. The van der Waals surface area contributed by atoms with Crippen LogP contribution >= 0.6 is 0 Å². The lowest BCUT2D eigenvalue weighted by atomic mass is 9.72. The van der Waals surface area contributed by atoms with Crippen molar-refractivity contribution in [2.24, 2.45) is 0 Å². The molecule has 98 valence electrons. The number of hydrogen-bond donors (Lipinski definition) is 1. The maximum atomic E-state index is 9.44. The molecule has 0 amide bonds. The largest absolute Gasteiger partial charge is 0.508 e. The van der Waals surface area contributed by atoms with E-state index in [4.69, 9.17) is 0 Å². The summed E-state index contributed by atoms with van der Waals surface area (Å²) in [6, 6.07) is 18.7. The van der Waals surface area contributed by atoms with Crippen molar-refractivity contribution in [2.75, 3.05) is 0 Å². The third-order valence-electron chi connectivity index (χ3n) is 4.31. The predicted molar refractivity (Wildman–Crippen MR) is 78.5 cm³/mol. The molecule has 1 aliphatic rings. The van der Waals surface area contributed by atoms with Gasteiger partial charge in [0.25, 0.3) is 0 Å². The van der Waals surface area contributed by atoms with Crippen LogP contribution in [0.2, 0.25) is 0 Å². The van der Waals surface area contributed by atoms with Crippen LogP contribution < -0.4 is 0 Å². The van der Waals surface area contributed by atoms with Gasteiger partial charge in [-0.2, -0.15) is 0 Å². The van der Waals surface area contributed by atoms with Gasteiger partial charge in [0.15, 0.2) is 0 Å². The fourth-order valence-electron chi connectivity index (χ4n) is 3.35. The molecule has 2 unspecified atom stereocenters. The Labute approximate surface area is 114 Å². The fraction of sp³-hybridized carbons (Fsp3) is 0.333. The maximum absolute atomic E-state index is 9.44. The first-order chi connectivity index (χ1) is 9.34. The van der Waals surface area contributed by atoms with Crippen molar-refractivity contribution in [1.82, 2.24) is 0 Å². The molecule has 2 atom stereocenters. The van der Waals surface area contributed by atoms with Gasteiger partial charge in [-0.15, -0.1) is 0 Å². The minimum absolute atomic E-state index is 0.357. The summed E-state index contributed by atoms with van der Waals surface area (Å²) in [5, 5.41) is 9.44. The number of benzene rings is 2. The standard InChI is InChI=1S/C18H20O/c19-16-12-10-15(11-13-16)18-9-5-4-8-17(18)14-6-2-1-3-7-14/h1-3,6-7,10-13,17-19H,4-5,8-9H2. The zero-order valence-corrected chi connectivity index (χ0v) is 11.1. The van der Waals surface area contributed by atoms with Crippen molar-refractivity contribution in [3.63, 3.8) is 0 Å². The lowest BCUT2D eigenvalue weighted by molar-refractivity contribution is 0.385. The third kappa shape index (κ3) is 2.65. The van der Waals surface area contributed by atoms with E-state index in [0.717, 1.165) is 0 Å². The Hall–Kier alpha value is -1.76. The van der Waals surface area contributed by atoms with Crippen LogP contribution in [0, 0.1) is 0 Å². The molecule has 19 heavy (non-hydrogen) atoms. The molecule has 1 nitrogen and oxygen atoms in total. The van der Waals surface area contributed by atoms with Crippen molar-refractivity contribution >= 4 is 0 Å². The normalized spacial score (nSPS) is 23.2. The van der Waals surface area contributed by atoms with E-state index in [2.05, 4.69) is 42.5 Å². The Bertz CT molecular complexity index is 515. The molecule has 2 aromatic carbocycles. The Morgan fingerprint density at radius 3 is 1.79 bits per heavy atom. The first-order valence-corrected chi connectivity index (χ1v) is 7.18. The average Bonchev–Trinajstić information content (AvgIpc) is 2.49. The Morgan fingerprint density at radius 1 is 0.684 bits per heavy atom. The lowest BCUT2D eigenvalue weighted by Crippen LogP contribution is -2.16. The predicted octanol–water partition coefficient (Wildman–Crippen LogP) is 4.83. The van der Waals surface area contributed by atoms with E-state index < -0.39 is 0 Å². The van der Waals surface area contributed by atoms with Crippen LogP contribution in [-0.2, 0) is 0 Å². The quantitative estimate of drug-likeness (QED) is 0.811. The van der Waals surface area contributed by atoms with Gasteiger partial charge in [-0.05, 0) is 47.9 Å². The van der Waals surface area contributed by atoms with Gasteiger partial charge in [-0.25, -0.2) is 0 Å². The third-order valence-corrected chi connectivity index (χ3v) is 4.31. The summed E-state index contributed by atoms with van der Waals surface area (Å²) >= 11 is 0. The zero-order chi connectivity index (χ0) is 13.1. The molecule has 0 aliphatic heterocycles. The summed E-state index contributed by atoms with van der Waals surface area (Å²) in [6.45, 7) is 0. The zero-order valence-electron chi connectivity index (χ0n) is 11.1. The van der Waals surface area contributed by atoms with E-state index in [-0.39, 0.29) is 0 Å². The molecule has 0 radical (unpaired) electrons. The van der Waals surface area contributed by atoms with Crippen LogP contribution in [0.15, 0.2) is 54.6 Å². The van der Waals surface area contributed by atoms with Crippen LogP contribution in [-0.4, -0.2) is 5.11 Å². The van der Waals surface area contributed by atoms with Crippen molar-refractivity contribution in [1.29, 1.82) is 0 Å². The van der Waals surface area contributed by atoms with Gasteiger partial charge in [-0.3, -0.25) is 0 Å². The summed E-state index contributed by atoms with van der Waals surface area (Å²) in [5.41, 5.74) is 2.83. The monoisotopic (exact) mass is 252 g/mol. The second kappa shape index (κ2) is 5.48. The minimum atomic E-state index is 0.357. The van der Waals surface area contributed by atoms with Crippen molar-refractivity contribution in [2.45, 2.75) is 37.5 Å². The Balaban J connectivity index is 1.91. The minimum Gasteiger partial charge on any atom is -0.508 e. The molecule has 0 saturated heterocycles. The van der Waals surface area contributed by atoms with Gasteiger partial charge < -0.3 is 5.11 Å². The van der Waals surface area contributed by atoms with E-state index in [0.29, 0.717) is 17.6 Å². The first-order valence-electron chi connectivity index (χ1n) is 7.18. The first kappa shape index (κ1) is 12.3. The second-order valence-corrected chi connectivity index (χ2v) is 5.50. The number of rotatable bonds is 2. The molecule has 0 aromatic heterocycles. The van der Waals surface area contributed by atoms with Crippen molar-refractivity contribution in [3.05, 3.63) is 65.7 Å². The molecule has 0 heterocycles. The van der Waals surface area contributed by atoms with Crippen LogP contribution in [0.4, 0.5) is 0 Å². The highest BCUT2D eigenvalue weighted by Gasteiger charge is 2.27. The van der Waals surface area contributed by atoms with E-state index in [1.54, 1.807) is 0 Å². The molecule has 3 rings (SSSR count). The summed E-state index contributed by atoms with van der Waals surface area (Å²) in [6.07, 6.45) is 5.17. The lowest BCUT2D eigenvalue weighted by Gasteiger charge is -2.32. The molecule has 1 fully saturated rings. The van der Waals surface area contributed by atoms with Gasteiger partial charge in [0.05, 0.1) is 0 Å². The van der Waals surface area contributed by atoms with Crippen molar-refractivity contribution in [3.8, 4) is 5.75 Å². The van der Waals surface area contributed by atoms with E-state index in [1.807, 2.05) is 12.1 Å². The average molecular weight is 252 g/mol. The van der Waals surface area contributed by atoms with Crippen LogP contribution in [0.3, 0.4) is 0 Å². The summed E-state index contributed by atoms with van der Waals surface area (Å²) in [5.74, 6) is 1.58.